The number of hydrogen-bond acceptors (Lipinski definition) is 1. The highest BCUT2D eigenvalue weighted by atomic mass is 35.5. The predicted molar refractivity (Wildman–Crippen MR) is 58.6 cm³/mol. The van der Waals surface area contributed by atoms with Crippen molar-refractivity contribution in [2.24, 2.45) is 0 Å². The van der Waals surface area contributed by atoms with Crippen LogP contribution in [0.4, 0.5) is 8.78 Å². The van der Waals surface area contributed by atoms with Crippen LogP contribution < -0.4 is 0 Å². The third kappa shape index (κ3) is 2.70. The van der Waals surface area contributed by atoms with E-state index in [9.17, 15) is 13.6 Å². The second-order valence-corrected chi connectivity index (χ2v) is 3.85. The second kappa shape index (κ2) is 5.25. The van der Waals surface area contributed by atoms with E-state index in [0.717, 1.165) is 12.1 Å². The first-order chi connectivity index (χ1) is 7.47. The molecule has 0 saturated heterocycles. The Bertz CT molecular complexity index is 398. The summed E-state index contributed by atoms with van der Waals surface area (Å²) in [6.45, 7) is 1.74. The van der Waals surface area contributed by atoms with Crippen LogP contribution in [0.2, 0.25) is 0 Å². The normalized spacial score (nSPS) is 12.3. The molecule has 0 aliphatic heterocycles. The third-order valence-electron chi connectivity index (χ3n) is 2.37. The summed E-state index contributed by atoms with van der Waals surface area (Å²) in [6, 6.07) is 2.66. The van der Waals surface area contributed by atoms with Gasteiger partial charge >= 0.3 is 0 Å². The number of rotatable bonds is 3. The van der Waals surface area contributed by atoms with Crippen LogP contribution in [0.5, 0.6) is 0 Å². The average Bonchev–Trinajstić information content (AvgIpc) is 2.26. The Morgan fingerprint density at radius 3 is 2.62 bits per heavy atom. The Hall–Kier alpha value is -1.16. The van der Waals surface area contributed by atoms with E-state index < -0.39 is 17.5 Å². The molecule has 2 nitrogen and oxygen atoms in total. The van der Waals surface area contributed by atoms with Crippen LogP contribution in [0.3, 0.4) is 0 Å². The van der Waals surface area contributed by atoms with E-state index in [1.54, 1.807) is 6.92 Å². The molecule has 0 aromatic heterocycles. The van der Waals surface area contributed by atoms with E-state index in [0.29, 0.717) is 6.07 Å². The minimum atomic E-state index is -0.862. The van der Waals surface area contributed by atoms with Gasteiger partial charge in [-0.15, -0.1) is 11.6 Å². The maximum absolute atomic E-state index is 13.3. The van der Waals surface area contributed by atoms with Gasteiger partial charge in [-0.1, -0.05) is 0 Å². The molecule has 0 aliphatic rings. The number of amides is 1. The molecule has 0 saturated carbocycles. The Labute approximate surface area is 97.8 Å². The van der Waals surface area contributed by atoms with Crippen LogP contribution in [-0.4, -0.2) is 29.8 Å². The predicted octanol–water partition coefficient (Wildman–Crippen LogP) is 2.66. The summed E-state index contributed by atoms with van der Waals surface area (Å²) in [6.07, 6.45) is 0. The lowest BCUT2D eigenvalue weighted by Crippen LogP contribution is -2.36. The maximum atomic E-state index is 13.3. The lowest BCUT2D eigenvalue weighted by molar-refractivity contribution is 0.0752. The zero-order valence-electron chi connectivity index (χ0n) is 9.01. The fraction of sp³-hybridized carbons (Fsp3) is 0.364. The highest BCUT2D eigenvalue weighted by Crippen LogP contribution is 2.13. The number of benzene rings is 1. The van der Waals surface area contributed by atoms with Gasteiger partial charge in [0, 0.05) is 25.0 Å². The Morgan fingerprint density at radius 2 is 2.12 bits per heavy atom. The van der Waals surface area contributed by atoms with Gasteiger partial charge in [-0.25, -0.2) is 8.78 Å². The quantitative estimate of drug-likeness (QED) is 0.752. The highest BCUT2D eigenvalue weighted by Gasteiger charge is 2.20. The van der Waals surface area contributed by atoms with Gasteiger partial charge in [0.1, 0.15) is 11.6 Å². The third-order valence-corrected chi connectivity index (χ3v) is 2.81. The molecule has 1 rings (SSSR count). The van der Waals surface area contributed by atoms with E-state index in [4.69, 9.17) is 11.6 Å². The summed E-state index contributed by atoms with van der Waals surface area (Å²) in [4.78, 5) is 13.1. The number of hydrogen-bond donors (Lipinski definition) is 0. The van der Waals surface area contributed by atoms with Crippen LogP contribution in [-0.2, 0) is 0 Å². The van der Waals surface area contributed by atoms with Gasteiger partial charge in [-0.2, -0.15) is 0 Å². The van der Waals surface area contributed by atoms with Crippen LogP contribution in [0.1, 0.15) is 17.3 Å². The van der Waals surface area contributed by atoms with Crippen LogP contribution in [0, 0.1) is 11.6 Å². The number of nitrogens with zero attached hydrogens (tertiary/aromatic N) is 1. The molecule has 0 heterocycles. The van der Waals surface area contributed by atoms with E-state index in [2.05, 4.69) is 0 Å². The van der Waals surface area contributed by atoms with Gasteiger partial charge in [0.05, 0.1) is 5.56 Å². The molecule has 16 heavy (non-hydrogen) atoms. The molecular formula is C11H12ClF2NO. The van der Waals surface area contributed by atoms with Gasteiger partial charge in [0.15, 0.2) is 0 Å². The lowest BCUT2D eigenvalue weighted by atomic mass is 10.1. The van der Waals surface area contributed by atoms with E-state index in [1.165, 1.54) is 11.9 Å². The first kappa shape index (κ1) is 12.9. The van der Waals surface area contributed by atoms with Crippen molar-refractivity contribution in [3.63, 3.8) is 0 Å². The fourth-order valence-electron chi connectivity index (χ4n) is 1.16. The van der Waals surface area contributed by atoms with Crippen molar-refractivity contribution in [1.82, 2.24) is 4.90 Å². The topological polar surface area (TPSA) is 20.3 Å². The SMILES string of the molecule is CC(CCl)N(C)C(=O)c1ccc(F)cc1F. The first-order valence-corrected chi connectivity index (χ1v) is 5.29. The summed E-state index contributed by atoms with van der Waals surface area (Å²) in [7, 11) is 1.53. The van der Waals surface area contributed by atoms with E-state index in [1.807, 2.05) is 0 Å². The molecule has 0 spiro atoms. The summed E-state index contributed by atoms with van der Waals surface area (Å²) in [5, 5.41) is 0. The maximum Gasteiger partial charge on any atom is 0.256 e. The summed E-state index contributed by atoms with van der Waals surface area (Å²) in [5.41, 5.74) is -0.152. The molecule has 0 N–H and O–H groups in total. The fourth-order valence-corrected chi connectivity index (χ4v) is 1.36. The van der Waals surface area contributed by atoms with Crippen molar-refractivity contribution in [3.8, 4) is 0 Å². The van der Waals surface area contributed by atoms with E-state index in [-0.39, 0.29) is 17.5 Å². The van der Waals surface area contributed by atoms with Crippen molar-refractivity contribution in [3.05, 3.63) is 35.4 Å². The molecule has 0 aliphatic carbocycles. The molecule has 0 bridgehead atoms. The smallest absolute Gasteiger partial charge is 0.256 e. The summed E-state index contributed by atoms with van der Waals surface area (Å²) < 4.78 is 26.0. The molecule has 5 heteroatoms. The van der Waals surface area contributed by atoms with Gasteiger partial charge in [0.25, 0.3) is 5.91 Å². The van der Waals surface area contributed by atoms with Crippen molar-refractivity contribution >= 4 is 17.5 Å². The van der Waals surface area contributed by atoms with Crippen molar-refractivity contribution in [1.29, 1.82) is 0 Å². The number of carbonyl (C=O) groups is 1. The van der Waals surface area contributed by atoms with Crippen molar-refractivity contribution < 1.29 is 13.6 Å². The molecule has 1 aromatic carbocycles. The number of carbonyl (C=O) groups excluding carboxylic acids is 1. The van der Waals surface area contributed by atoms with Crippen molar-refractivity contribution in [2.75, 3.05) is 12.9 Å². The molecule has 0 radical (unpaired) electrons. The minimum Gasteiger partial charge on any atom is -0.338 e. The van der Waals surface area contributed by atoms with Gasteiger partial charge in [-0.3, -0.25) is 4.79 Å². The molecule has 1 amide bonds. The largest absolute Gasteiger partial charge is 0.338 e. The lowest BCUT2D eigenvalue weighted by Gasteiger charge is -2.23. The highest BCUT2D eigenvalue weighted by molar-refractivity contribution is 6.18. The monoisotopic (exact) mass is 247 g/mol. The van der Waals surface area contributed by atoms with Gasteiger partial charge in [0.2, 0.25) is 0 Å². The van der Waals surface area contributed by atoms with Crippen molar-refractivity contribution in [2.45, 2.75) is 13.0 Å². The Kier molecular flexibility index (Phi) is 4.24. The molecular weight excluding hydrogens is 236 g/mol. The summed E-state index contributed by atoms with van der Waals surface area (Å²) >= 11 is 5.60. The standard InChI is InChI=1S/C11H12ClF2NO/c1-7(6-12)15(2)11(16)9-4-3-8(13)5-10(9)14/h3-5,7H,6H2,1-2H3. The Balaban J connectivity index is 2.96. The van der Waals surface area contributed by atoms with Crippen LogP contribution in [0.25, 0.3) is 0 Å². The summed E-state index contributed by atoms with van der Waals surface area (Å²) in [5.74, 6) is -1.82. The van der Waals surface area contributed by atoms with E-state index >= 15 is 0 Å². The second-order valence-electron chi connectivity index (χ2n) is 3.54. The number of halogens is 3. The average molecular weight is 248 g/mol. The number of alkyl halides is 1. The molecule has 88 valence electrons. The minimum absolute atomic E-state index is 0.152. The zero-order valence-corrected chi connectivity index (χ0v) is 9.76. The Morgan fingerprint density at radius 1 is 1.50 bits per heavy atom. The zero-order chi connectivity index (χ0) is 12.3. The van der Waals surface area contributed by atoms with Crippen LogP contribution >= 0.6 is 11.6 Å². The first-order valence-electron chi connectivity index (χ1n) is 4.75. The molecule has 1 aromatic rings. The van der Waals surface area contributed by atoms with Gasteiger partial charge < -0.3 is 4.90 Å². The van der Waals surface area contributed by atoms with Gasteiger partial charge in [-0.05, 0) is 19.1 Å². The molecule has 1 atom stereocenters. The molecule has 1 unspecified atom stereocenters. The molecule has 0 fully saturated rings. The van der Waals surface area contributed by atoms with Crippen LogP contribution in [0.15, 0.2) is 18.2 Å².